The minimum atomic E-state index is 0.0934. The van der Waals surface area contributed by atoms with Gasteiger partial charge in [-0.25, -0.2) is 0 Å². The fourth-order valence-corrected chi connectivity index (χ4v) is 3.74. The van der Waals surface area contributed by atoms with Crippen LogP contribution in [0.4, 0.5) is 5.69 Å². The Morgan fingerprint density at radius 1 is 1.00 bits per heavy atom. The summed E-state index contributed by atoms with van der Waals surface area (Å²) in [5.41, 5.74) is 3.89. The Hall–Kier alpha value is -2.04. The number of nitrogens with zero attached hydrogens (tertiary/aromatic N) is 3. The van der Waals surface area contributed by atoms with Crippen LogP contribution in [0, 0.1) is 13.8 Å². The molecule has 2 aliphatic heterocycles. The van der Waals surface area contributed by atoms with E-state index in [0.29, 0.717) is 6.42 Å². The largest absolute Gasteiger partial charge is 0.368 e. The van der Waals surface area contributed by atoms with Crippen LogP contribution in [0.15, 0.2) is 18.2 Å². The van der Waals surface area contributed by atoms with E-state index in [1.807, 2.05) is 4.90 Å². The second-order valence-corrected chi connectivity index (χ2v) is 7.21. The van der Waals surface area contributed by atoms with E-state index in [-0.39, 0.29) is 18.4 Å². The number of anilines is 1. The summed E-state index contributed by atoms with van der Waals surface area (Å²) < 4.78 is 0. The van der Waals surface area contributed by atoms with Crippen LogP contribution < -0.4 is 4.90 Å². The highest BCUT2D eigenvalue weighted by atomic mass is 16.2. The molecule has 2 fully saturated rings. The standard InChI is InChI=1S/C20H29N3O2/c1-16-7-6-8-18(17(16)2)21-11-13-22(14-12-21)20(25)15-23-10-5-3-4-9-19(23)24/h6-8H,3-5,9-15H2,1-2H3. The first-order valence-electron chi connectivity index (χ1n) is 9.43. The number of aryl methyl sites for hydroxylation is 1. The molecule has 2 saturated heterocycles. The molecule has 0 saturated carbocycles. The molecular formula is C20H29N3O2. The number of hydrogen-bond acceptors (Lipinski definition) is 3. The lowest BCUT2D eigenvalue weighted by molar-refractivity contribution is -0.140. The van der Waals surface area contributed by atoms with Gasteiger partial charge < -0.3 is 14.7 Å². The molecule has 2 heterocycles. The number of carbonyl (C=O) groups is 2. The van der Waals surface area contributed by atoms with E-state index in [1.54, 1.807) is 4.90 Å². The molecule has 0 atom stereocenters. The van der Waals surface area contributed by atoms with E-state index in [0.717, 1.165) is 52.0 Å². The molecule has 0 N–H and O–H groups in total. The Kier molecular flexibility index (Phi) is 5.61. The van der Waals surface area contributed by atoms with E-state index in [4.69, 9.17) is 0 Å². The summed E-state index contributed by atoms with van der Waals surface area (Å²) in [6.07, 6.45) is 3.65. The zero-order valence-electron chi connectivity index (χ0n) is 15.5. The number of amides is 2. The molecule has 1 aromatic rings. The highest BCUT2D eigenvalue weighted by Gasteiger charge is 2.25. The number of carbonyl (C=O) groups excluding carboxylic acids is 2. The highest BCUT2D eigenvalue weighted by molar-refractivity contribution is 5.85. The average Bonchev–Trinajstić information content (AvgIpc) is 2.82. The summed E-state index contributed by atoms with van der Waals surface area (Å²) in [5.74, 6) is 0.232. The van der Waals surface area contributed by atoms with Gasteiger partial charge in [0.05, 0.1) is 6.54 Å². The average molecular weight is 343 g/mol. The van der Waals surface area contributed by atoms with Gasteiger partial charge in [-0.3, -0.25) is 9.59 Å². The van der Waals surface area contributed by atoms with Crippen molar-refractivity contribution in [1.82, 2.24) is 9.80 Å². The van der Waals surface area contributed by atoms with Gasteiger partial charge in [0.25, 0.3) is 0 Å². The molecule has 0 aliphatic carbocycles. The summed E-state index contributed by atoms with van der Waals surface area (Å²) in [6.45, 7) is 8.44. The molecule has 0 spiro atoms. The minimum absolute atomic E-state index is 0.0934. The van der Waals surface area contributed by atoms with Crippen LogP contribution >= 0.6 is 0 Å². The third kappa shape index (κ3) is 4.14. The van der Waals surface area contributed by atoms with Gasteiger partial charge in [0.15, 0.2) is 0 Å². The lowest BCUT2D eigenvalue weighted by Gasteiger charge is -2.37. The Morgan fingerprint density at radius 3 is 2.52 bits per heavy atom. The molecule has 25 heavy (non-hydrogen) atoms. The third-order valence-corrected chi connectivity index (χ3v) is 5.55. The first-order valence-corrected chi connectivity index (χ1v) is 9.43. The number of benzene rings is 1. The summed E-state index contributed by atoms with van der Waals surface area (Å²) in [7, 11) is 0. The number of hydrogen-bond donors (Lipinski definition) is 0. The van der Waals surface area contributed by atoms with E-state index < -0.39 is 0 Å². The molecule has 0 unspecified atom stereocenters. The normalized spacial score (nSPS) is 19.1. The summed E-state index contributed by atoms with van der Waals surface area (Å²) in [6, 6.07) is 6.40. The van der Waals surface area contributed by atoms with Gasteiger partial charge in [0.1, 0.15) is 0 Å². The van der Waals surface area contributed by atoms with E-state index in [1.165, 1.54) is 16.8 Å². The van der Waals surface area contributed by atoms with Crippen molar-refractivity contribution in [3.8, 4) is 0 Å². The number of rotatable bonds is 3. The molecule has 2 aliphatic rings. The monoisotopic (exact) mass is 343 g/mol. The molecule has 2 amide bonds. The van der Waals surface area contributed by atoms with Crippen LogP contribution in [-0.4, -0.2) is 60.9 Å². The van der Waals surface area contributed by atoms with Crippen LogP contribution in [0.25, 0.3) is 0 Å². The topological polar surface area (TPSA) is 43.9 Å². The Bertz CT molecular complexity index is 636. The number of piperazine rings is 1. The third-order valence-electron chi connectivity index (χ3n) is 5.55. The fourth-order valence-electron chi connectivity index (χ4n) is 3.74. The Balaban J connectivity index is 1.55. The van der Waals surface area contributed by atoms with Crippen LogP contribution in [0.3, 0.4) is 0 Å². The van der Waals surface area contributed by atoms with Gasteiger partial charge in [0.2, 0.25) is 11.8 Å². The molecule has 0 bridgehead atoms. The van der Waals surface area contributed by atoms with Crippen LogP contribution in [0.2, 0.25) is 0 Å². The Labute approximate surface area is 150 Å². The molecule has 3 rings (SSSR count). The molecule has 0 aromatic heterocycles. The Morgan fingerprint density at radius 2 is 1.76 bits per heavy atom. The maximum atomic E-state index is 12.6. The van der Waals surface area contributed by atoms with E-state index in [2.05, 4.69) is 36.9 Å². The van der Waals surface area contributed by atoms with Crippen molar-refractivity contribution in [3.63, 3.8) is 0 Å². The zero-order chi connectivity index (χ0) is 17.8. The van der Waals surface area contributed by atoms with Crippen molar-refractivity contribution in [1.29, 1.82) is 0 Å². The van der Waals surface area contributed by atoms with Crippen molar-refractivity contribution < 1.29 is 9.59 Å². The highest BCUT2D eigenvalue weighted by Crippen LogP contribution is 2.24. The van der Waals surface area contributed by atoms with E-state index >= 15 is 0 Å². The van der Waals surface area contributed by atoms with Crippen LogP contribution in [0.5, 0.6) is 0 Å². The van der Waals surface area contributed by atoms with Gasteiger partial charge >= 0.3 is 0 Å². The molecule has 5 heteroatoms. The van der Waals surface area contributed by atoms with Crippen molar-refractivity contribution in [2.24, 2.45) is 0 Å². The smallest absolute Gasteiger partial charge is 0.242 e. The van der Waals surface area contributed by atoms with Gasteiger partial charge in [-0.1, -0.05) is 18.6 Å². The molecule has 5 nitrogen and oxygen atoms in total. The van der Waals surface area contributed by atoms with Crippen molar-refractivity contribution in [3.05, 3.63) is 29.3 Å². The lowest BCUT2D eigenvalue weighted by Crippen LogP contribution is -2.52. The summed E-state index contributed by atoms with van der Waals surface area (Å²) in [4.78, 5) is 30.7. The predicted molar refractivity (Wildman–Crippen MR) is 99.8 cm³/mol. The van der Waals surface area contributed by atoms with Crippen molar-refractivity contribution in [2.75, 3.05) is 44.2 Å². The first-order chi connectivity index (χ1) is 12.1. The number of likely N-dealkylation sites (tertiary alicyclic amines) is 1. The zero-order valence-corrected chi connectivity index (χ0v) is 15.5. The summed E-state index contributed by atoms with van der Waals surface area (Å²) >= 11 is 0. The van der Waals surface area contributed by atoms with Gasteiger partial charge in [-0.2, -0.15) is 0 Å². The second kappa shape index (κ2) is 7.89. The molecular weight excluding hydrogens is 314 g/mol. The maximum absolute atomic E-state index is 12.6. The SMILES string of the molecule is Cc1cccc(N2CCN(C(=O)CN3CCCCCC3=O)CC2)c1C. The van der Waals surface area contributed by atoms with Crippen LogP contribution in [-0.2, 0) is 9.59 Å². The molecule has 1 aromatic carbocycles. The van der Waals surface area contributed by atoms with Gasteiger partial charge in [0, 0.05) is 44.8 Å². The predicted octanol–water partition coefficient (Wildman–Crippen LogP) is 2.35. The second-order valence-electron chi connectivity index (χ2n) is 7.21. The van der Waals surface area contributed by atoms with Crippen molar-refractivity contribution >= 4 is 17.5 Å². The summed E-state index contributed by atoms with van der Waals surface area (Å²) in [5, 5.41) is 0. The first kappa shape index (κ1) is 17.8. The quantitative estimate of drug-likeness (QED) is 0.846. The van der Waals surface area contributed by atoms with E-state index in [9.17, 15) is 9.59 Å². The van der Waals surface area contributed by atoms with Crippen LogP contribution in [0.1, 0.15) is 36.8 Å². The minimum Gasteiger partial charge on any atom is -0.368 e. The van der Waals surface area contributed by atoms with Crippen molar-refractivity contribution in [2.45, 2.75) is 39.5 Å². The fraction of sp³-hybridized carbons (Fsp3) is 0.600. The molecule has 0 radical (unpaired) electrons. The molecule has 136 valence electrons. The van der Waals surface area contributed by atoms with Gasteiger partial charge in [-0.15, -0.1) is 0 Å². The van der Waals surface area contributed by atoms with Gasteiger partial charge in [-0.05, 0) is 43.9 Å². The maximum Gasteiger partial charge on any atom is 0.242 e. The lowest BCUT2D eigenvalue weighted by atomic mass is 10.1.